The van der Waals surface area contributed by atoms with E-state index in [9.17, 15) is 4.79 Å². The van der Waals surface area contributed by atoms with E-state index in [1.165, 1.54) is 6.07 Å². The molecule has 0 unspecified atom stereocenters. The standard InChI is InChI=1S/C11H18N4O2/c1-8(2)7-17-6-5-13-10-4-3-9(11(12)16)14-15-10/h3-4,8H,5-7H2,1-2H3,(H2,12,16)(H,13,15). The van der Waals surface area contributed by atoms with Gasteiger partial charge in [-0.15, -0.1) is 10.2 Å². The van der Waals surface area contributed by atoms with Gasteiger partial charge in [0.2, 0.25) is 0 Å². The topological polar surface area (TPSA) is 90.1 Å². The van der Waals surface area contributed by atoms with Crippen molar-refractivity contribution in [3.63, 3.8) is 0 Å². The highest BCUT2D eigenvalue weighted by Crippen LogP contribution is 2.01. The Morgan fingerprint density at radius 3 is 2.76 bits per heavy atom. The molecule has 0 saturated carbocycles. The van der Waals surface area contributed by atoms with Crippen molar-refractivity contribution >= 4 is 11.7 Å². The van der Waals surface area contributed by atoms with Gasteiger partial charge in [0.15, 0.2) is 5.69 Å². The maximum absolute atomic E-state index is 10.8. The number of carbonyl (C=O) groups excluding carboxylic acids is 1. The van der Waals surface area contributed by atoms with E-state index in [-0.39, 0.29) is 5.69 Å². The van der Waals surface area contributed by atoms with Crippen molar-refractivity contribution in [2.75, 3.05) is 25.1 Å². The molecule has 0 aliphatic carbocycles. The van der Waals surface area contributed by atoms with Crippen LogP contribution in [0.2, 0.25) is 0 Å². The van der Waals surface area contributed by atoms with E-state index in [0.717, 1.165) is 6.61 Å². The molecule has 1 aromatic rings. The fourth-order valence-corrected chi connectivity index (χ4v) is 1.13. The first-order chi connectivity index (χ1) is 8.09. The number of anilines is 1. The van der Waals surface area contributed by atoms with Gasteiger partial charge in [-0.05, 0) is 18.1 Å². The molecular formula is C11H18N4O2. The van der Waals surface area contributed by atoms with Crippen LogP contribution in [-0.4, -0.2) is 35.9 Å². The zero-order valence-electron chi connectivity index (χ0n) is 10.1. The summed E-state index contributed by atoms with van der Waals surface area (Å²) in [5, 5.41) is 10.5. The Morgan fingerprint density at radius 2 is 2.24 bits per heavy atom. The van der Waals surface area contributed by atoms with Crippen LogP contribution in [0.3, 0.4) is 0 Å². The van der Waals surface area contributed by atoms with Crippen LogP contribution in [0.25, 0.3) is 0 Å². The molecule has 0 fully saturated rings. The second-order valence-electron chi connectivity index (χ2n) is 4.06. The van der Waals surface area contributed by atoms with E-state index in [2.05, 4.69) is 29.4 Å². The van der Waals surface area contributed by atoms with Gasteiger partial charge in [0.05, 0.1) is 6.61 Å². The molecule has 3 N–H and O–H groups in total. The Morgan fingerprint density at radius 1 is 1.47 bits per heavy atom. The minimum atomic E-state index is -0.579. The second-order valence-corrected chi connectivity index (χ2v) is 4.06. The van der Waals surface area contributed by atoms with Crippen molar-refractivity contribution in [1.29, 1.82) is 0 Å². The Balaban J connectivity index is 2.25. The van der Waals surface area contributed by atoms with Crippen LogP contribution < -0.4 is 11.1 Å². The number of nitrogens with zero attached hydrogens (tertiary/aromatic N) is 2. The fraction of sp³-hybridized carbons (Fsp3) is 0.545. The normalized spacial score (nSPS) is 10.5. The predicted molar refractivity (Wildman–Crippen MR) is 64.7 cm³/mol. The quantitative estimate of drug-likeness (QED) is 0.681. The third kappa shape index (κ3) is 5.26. The Hall–Kier alpha value is -1.69. The summed E-state index contributed by atoms with van der Waals surface area (Å²) in [6.07, 6.45) is 0. The number of nitrogens with one attached hydrogen (secondary N) is 1. The van der Waals surface area contributed by atoms with Gasteiger partial charge in [0.1, 0.15) is 5.82 Å². The summed E-state index contributed by atoms with van der Waals surface area (Å²) in [4.78, 5) is 10.8. The van der Waals surface area contributed by atoms with Crippen LogP contribution in [0.1, 0.15) is 24.3 Å². The zero-order chi connectivity index (χ0) is 12.7. The smallest absolute Gasteiger partial charge is 0.269 e. The summed E-state index contributed by atoms with van der Waals surface area (Å²) in [6.45, 7) is 6.20. The molecule has 0 bridgehead atoms. The monoisotopic (exact) mass is 238 g/mol. The number of amides is 1. The molecule has 6 nitrogen and oxygen atoms in total. The van der Waals surface area contributed by atoms with Crippen LogP contribution in [0, 0.1) is 5.92 Å². The molecule has 1 aromatic heterocycles. The van der Waals surface area contributed by atoms with Crippen molar-refractivity contribution in [3.05, 3.63) is 17.8 Å². The highest BCUT2D eigenvalue weighted by molar-refractivity contribution is 5.90. The lowest BCUT2D eigenvalue weighted by Crippen LogP contribution is -2.16. The first-order valence-electron chi connectivity index (χ1n) is 5.54. The lowest BCUT2D eigenvalue weighted by atomic mass is 10.2. The van der Waals surface area contributed by atoms with E-state index >= 15 is 0 Å². The fourth-order valence-electron chi connectivity index (χ4n) is 1.13. The number of aromatic nitrogens is 2. The van der Waals surface area contributed by atoms with Crippen LogP contribution in [0.4, 0.5) is 5.82 Å². The van der Waals surface area contributed by atoms with Gasteiger partial charge in [0, 0.05) is 13.2 Å². The molecular weight excluding hydrogens is 220 g/mol. The molecule has 1 amide bonds. The molecule has 0 aromatic carbocycles. The van der Waals surface area contributed by atoms with Gasteiger partial charge < -0.3 is 15.8 Å². The van der Waals surface area contributed by atoms with Crippen molar-refractivity contribution in [2.45, 2.75) is 13.8 Å². The van der Waals surface area contributed by atoms with Crippen molar-refractivity contribution in [1.82, 2.24) is 10.2 Å². The number of nitrogens with two attached hydrogens (primary N) is 1. The summed E-state index contributed by atoms with van der Waals surface area (Å²) < 4.78 is 5.39. The van der Waals surface area contributed by atoms with Gasteiger partial charge >= 0.3 is 0 Å². The molecule has 6 heteroatoms. The zero-order valence-corrected chi connectivity index (χ0v) is 10.1. The molecule has 0 aliphatic rings. The summed E-state index contributed by atoms with van der Waals surface area (Å²) in [5.41, 5.74) is 5.21. The van der Waals surface area contributed by atoms with E-state index < -0.39 is 5.91 Å². The van der Waals surface area contributed by atoms with E-state index in [1.54, 1.807) is 6.07 Å². The van der Waals surface area contributed by atoms with Gasteiger partial charge in [-0.25, -0.2) is 0 Å². The minimum absolute atomic E-state index is 0.159. The summed E-state index contributed by atoms with van der Waals surface area (Å²) in [6, 6.07) is 3.20. The number of rotatable bonds is 7. The first-order valence-corrected chi connectivity index (χ1v) is 5.54. The highest BCUT2D eigenvalue weighted by Gasteiger charge is 2.02. The Kier molecular flexibility index (Phi) is 5.35. The lowest BCUT2D eigenvalue weighted by Gasteiger charge is -2.07. The van der Waals surface area contributed by atoms with Crippen LogP contribution in [0.15, 0.2) is 12.1 Å². The third-order valence-electron chi connectivity index (χ3n) is 1.92. The number of ether oxygens (including phenoxy) is 1. The third-order valence-corrected chi connectivity index (χ3v) is 1.92. The Labute approximate surface area is 101 Å². The van der Waals surface area contributed by atoms with Crippen molar-refractivity contribution in [2.24, 2.45) is 11.7 Å². The lowest BCUT2D eigenvalue weighted by molar-refractivity contribution is 0.0994. The molecule has 17 heavy (non-hydrogen) atoms. The van der Waals surface area contributed by atoms with Crippen LogP contribution >= 0.6 is 0 Å². The number of carbonyl (C=O) groups is 1. The largest absolute Gasteiger partial charge is 0.379 e. The van der Waals surface area contributed by atoms with Crippen molar-refractivity contribution in [3.8, 4) is 0 Å². The van der Waals surface area contributed by atoms with Crippen LogP contribution in [0.5, 0.6) is 0 Å². The molecule has 94 valence electrons. The second kappa shape index (κ2) is 6.80. The minimum Gasteiger partial charge on any atom is -0.379 e. The SMILES string of the molecule is CC(C)COCCNc1ccc(C(N)=O)nn1. The molecule has 0 saturated heterocycles. The molecule has 0 atom stereocenters. The molecule has 0 radical (unpaired) electrons. The first kappa shape index (κ1) is 13.4. The summed E-state index contributed by atoms with van der Waals surface area (Å²) in [5.74, 6) is 0.553. The molecule has 0 spiro atoms. The van der Waals surface area contributed by atoms with Crippen LogP contribution in [-0.2, 0) is 4.74 Å². The maximum atomic E-state index is 10.8. The molecule has 0 aliphatic heterocycles. The number of hydrogen-bond donors (Lipinski definition) is 2. The predicted octanol–water partition coefficient (Wildman–Crippen LogP) is 0.660. The molecule has 1 rings (SSSR count). The highest BCUT2D eigenvalue weighted by atomic mass is 16.5. The Bertz CT molecular complexity index is 351. The van der Waals surface area contributed by atoms with E-state index in [0.29, 0.717) is 24.9 Å². The van der Waals surface area contributed by atoms with Gasteiger partial charge in [-0.2, -0.15) is 0 Å². The van der Waals surface area contributed by atoms with Gasteiger partial charge in [0.25, 0.3) is 5.91 Å². The van der Waals surface area contributed by atoms with Gasteiger partial charge in [-0.1, -0.05) is 13.8 Å². The number of primary amides is 1. The summed E-state index contributed by atoms with van der Waals surface area (Å²) in [7, 11) is 0. The maximum Gasteiger partial charge on any atom is 0.269 e. The van der Waals surface area contributed by atoms with Crippen molar-refractivity contribution < 1.29 is 9.53 Å². The van der Waals surface area contributed by atoms with Gasteiger partial charge in [-0.3, -0.25) is 4.79 Å². The summed E-state index contributed by atoms with van der Waals surface area (Å²) >= 11 is 0. The molecule has 1 heterocycles. The average Bonchev–Trinajstić information content (AvgIpc) is 2.29. The van der Waals surface area contributed by atoms with E-state index in [1.807, 2.05) is 0 Å². The van der Waals surface area contributed by atoms with E-state index in [4.69, 9.17) is 10.5 Å². The average molecular weight is 238 g/mol. The number of hydrogen-bond acceptors (Lipinski definition) is 5.